The number of carboxylic acids is 1. The average molecular weight is 268 g/mol. The first-order valence-corrected chi connectivity index (χ1v) is 5.38. The Balaban J connectivity index is 2.59. The Kier molecular flexibility index (Phi) is 2.52. The van der Waals surface area contributed by atoms with E-state index in [-0.39, 0.29) is 0 Å². The summed E-state index contributed by atoms with van der Waals surface area (Å²) in [6.07, 6.45) is 1.80. The maximum absolute atomic E-state index is 10.9. The second-order valence-electron chi connectivity index (χ2n) is 3.44. The summed E-state index contributed by atoms with van der Waals surface area (Å²) in [7, 11) is 0. The number of aromatic nitrogens is 1. The molecule has 0 radical (unpaired) electrons. The molecule has 0 saturated carbocycles. The van der Waals surface area contributed by atoms with Crippen LogP contribution in [0.25, 0.3) is 10.9 Å². The SMILES string of the molecule is C[C@H](C(=O)O)n1ccc2cc(Br)ccc21. The van der Waals surface area contributed by atoms with Crippen LogP contribution < -0.4 is 0 Å². The normalized spacial score (nSPS) is 12.9. The second kappa shape index (κ2) is 3.70. The summed E-state index contributed by atoms with van der Waals surface area (Å²) in [4.78, 5) is 10.9. The highest BCUT2D eigenvalue weighted by atomic mass is 79.9. The molecule has 1 N–H and O–H groups in total. The van der Waals surface area contributed by atoms with E-state index in [1.165, 1.54) is 0 Å². The fourth-order valence-electron chi connectivity index (χ4n) is 1.59. The molecule has 1 atom stereocenters. The third kappa shape index (κ3) is 1.77. The summed E-state index contributed by atoms with van der Waals surface area (Å²) in [6.45, 7) is 1.67. The third-order valence-corrected chi connectivity index (χ3v) is 2.95. The molecule has 4 heteroatoms. The molecule has 0 aliphatic carbocycles. The third-order valence-electron chi connectivity index (χ3n) is 2.46. The number of benzene rings is 1. The molecule has 2 rings (SSSR count). The minimum Gasteiger partial charge on any atom is -0.480 e. The lowest BCUT2D eigenvalue weighted by atomic mass is 10.2. The molecule has 1 heterocycles. The van der Waals surface area contributed by atoms with Crippen molar-refractivity contribution in [2.75, 3.05) is 0 Å². The fourth-order valence-corrected chi connectivity index (χ4v) is 1.97. The van der Waals surface area contributed by atoms with E-state index in [2.05, 4.69) is 15.9 Å². The molecule has 0 amide bonds. The van der Waals surface area contributed by atoms with Crippen molar-refractivity contribution in [2.45, 2.75) is 13.0 Å². The fraction of sp³-hybridized carbons (Fsp3) is 0.182. The first-order chi connectivity index (χ1) is 7.09. The largest absolute Gasteiger partial charge is 0.480 e. The van der Waals surface area contributed by atoms with Crippen LogP contribution in [0.1, 0.15) is 13.0 Å². The standard InChI is InChI=1S/C11H10BrNO2/c1-7(11(14)15)13-5-4-8-6-9(12)2-3-10(8)13/h2-7H,1H3,(H,14,15)/t7-/m1/s1. The minimum atomic E-state index is -0.824. The lowest BCUT2D eigenvalue weighted by Crippen LogP contribution is -2.14. The first kappa shape index (κ1) is 10.2. The molecule has 0 spiro atoms. The zero-order chi connectivity index (χ0) is 11.0. The van der Waals surface area contributed by atoms with Crippen molar-refractivity contribution < 1.29 is 9.90 Å². The van der Waals surface area contributed by atoms with Crippen molar-refractivity contribution in [2.24, 2.45) is 0 Å². The highest BCUT2D eigenvalue weighted by molar-refractivity contribution is 9.10. The minimum absolute atomic E-state index is 0.538. The van der Waals surface area contributed by atoms with Crippen molar-refractivity contribution in [1.29, 1.82) is 0 Å². The van der Waals surface area contributed by atoms with Crippen LogP contribution in [-0.2, 0) is 4.79 Å². The smallest absolute Gasteiger partial charge is 0.326 e. The Labute approximate surface area is 95.5 Å². The van der Waals surface area contributed by atoms with Gasteiger partial charge in [-0.1, -0.05) is 15.9 Å². The first-order valence-electron chi connectivity index (χ1n) is 4.58. The number of nitrogens with zero attached hydrogens (tertiary/aromatic N) is 1. The molecule has 0 fully saturated rings. The number of aliphatic carboxylic acids is 1. The van der Waals surface area contributed by atoms with E-state index >= 15 is 0 Å². The van der Waals surface area contributed by atoms with E-state index in [4.69, 9.17) is 5.11 Å². The van der Waals surface area contributed by atoms with Gasteiger partial charge in [-0.3, -0.25) is 0 Å². The molecule has 1 aromatic heterocycles. The molecule has 0 saturated heterocycles. The van der Waals surface area contributed by atoms with Gasteiger partial charge in [0.25, 0.3) is 0 Å². The number of fused-ring (bicyclic) bond motifs is 1. The zero-order valence-electron chi connectivity index (χ0n) is 8.14. The van der Waals surface area contributed by atoms with Gasteiger partial charge in [0.05, 0.1) is 0 Å². The number of carbonyl (C=O) groups is 1. The number of hydrogen-bond donors (Lipinski definition) is 1. The molecule has 3 nitrogen and oxygen atoms in total. The summed E-state index contributed by atoms with van der Waals surface area (Å²) in [5.74, 6) is -0.824. The van der Waals surface area contributed by atoms with Crippen LogP contribution in [0.5, 0.6) is 0 Å². The van der Waals surface area contributed by atoms with Gasteiger partial charge in [0.1, 0.15) is 6.04 Å². The highest BCUT2D eigenvalue weighted by Crippen LogP contribution is 2.23. The van der Waals surface area contributed by atoms with Gasteiger partial charge in [-0.2, -0.15) is 0 Å². The summed E-state index contributed by atoms with van der Waals surface area (Å²) in [5.41, 5.74) is 0.938. The number of hydrogen-bond acceptors (Lipinski definition) is 1. The maximum atomic E-state index is 10.9. The lowest BCUT2D eigenvalue weighted by Gasteiger charge is -2.09. The van der Waals surface area contributed by atoms with Crippen molar-refractivity contribution >= 4 is 32.8 Å². The van der Waals surface area contributed by atoms with Gasteiger partial charge in [-0.05, 0) is 31.2 Å². The van der Waals surface area contributed by atoms with Gasteiger partial charge in [0, 0.05) is 21.6 Å². The Morgan fingerprint density at radius 3 is 2.87 bits per heavy atom. The summed E-state index contributed by atoms with van der Waals surface area (Å²) < 4.78 is 2.75. The van der Waals surface area contributed by atoms with Crippen LogP contribution in [0.2, 0.25) is 0 Å². The van der Waals surface area contributed by atoms with E-state index in [9.17, 15) is 4.79 Å². The van der Waals surface area contributed by atoms with Crippen molar-refractivity contribution in [3.05, 3.63) is 34.9 Å². The quantitative estimate of drug-likeness (QED) is 0.909. The molecule has 15 heavy (non-hydrogen) atoms. The average Bonchev–Trinajstić information content (AvgIpc) is 2.59. The molecule has 0 unspecified atom stereocenters. The van der Waals surface area contributed by atoms with Crippen LogP contribution in [0.4, 0.5) is 0 Å². The van der Waals surface area contributed by atoms with Crippen LogP contribution in [0, 0.1) is 0 Å². The van der Waals surface area contributed by atoms with Crippen LogP contribution in [-0.4, -0.2) is 15.6 Å². The summed E-state index contributed by atoms with van der Waals surface area (Å²) >= 11 is 3.38. The van der Waals surface area contributed by atoms with E-state index in [0.29, 0.717) is 0 Å². The van der Waals surface area contributed by atoms with Crippen LogP contribution in [0.3, 0.4) is 0 Å². The van der Waals surface area contributed by atoms with E-state index < -0.39 is 12.0 Å². The Bertz CT molecular complexity index is 518. The number of rotatable bonds is 2. The molecular weight excluding hydrogens is 258 g/mol. The van der Waals surface area contributed by atoms with Gasteiger partial charge in [0.15, 0.2) is 0 Å². The van der Waals surface area contributed by atoms with Gasteiger partial charge in [-0.15, -0.1) is 0 Å². The molecule has 78 valence electrons. The van der Waals surface area contributed by atoms with Crippen molar-refractivity contribution in [3.8, 4) is 0 Å². The van der Waals surface area contributed by atoms with E-state index in [1.54, 1.807) is 17.7 Å². The second-order valence-corrected chi connectivity index (χ2v) is 4.36. The molecule has 2 aromatic rings. The van der Waals surface area contributed by atoms with E-state index in [1.807, 2.05) is 24.3 Å². The summed E-state index contributed by atoms with van der Waals surface area (Å²) in [6, 6.07) is 7.18. The summed E-state index contributed by atoms with van der Waals surface area (Å²) in [5, 5.41) is 9.98. The molecule has 0 bridgehead atoms. The monoisotopic (exact) mass is 267 g/mol. The van der Waals surface area contributed by atoms with Crippen LogP contribution >= 0.6 is 15.9 Å². The molecule has 0 aliphatic rings. The van der Waals surface area contributed by atoms with Gasteiger partial charge >= 0.3 is 5.97 Å². The van der Waals surface area contributed by atoms with E-state index in [0.717, 1.165) is 15.4 Å². The Morgan fingerprint density at radius 1 is 1.47 bits per heavy atom. The van der Waals surface area contributed by atoms with Crippen LogP contribution in [0.15, 0.2) is 34.9 Å². The lowest BCUT2D eigenvalue weighted by molar-refractivity contribution is -0.140. The number of halogens is 1. The Hall–Kier alpha value is -1.29. The molecule has 0 aliphatic heterocycles. The zero-order valence-corrected chi connectivity index (χ0v) is 9.73. The topological polar surface area (TPSA) is 42.2 Å². The predicted octanol–water partition coefficient (Wildman–Crippen LogP) is 3.05. The maximum Gasteiger partial charge on any atom is 0.326 e. The van der Waals surface area contributed by atoms with Crippen molar-refractivity contribution in [3.63, 3.8) is 0 Å². The molecule has 1 aromatic carbocycles. The predicted molar refractivity (Wildman–Crippen MR) is 62.0 cm³/mol. The van der Waals surface area contributed by atoms with Crippen molar-refractivity contribution in [1.82, 2.24) is 4.57 Å². The Morgan fingerprint density at radius 2 is 2.20 bits per heavy atom. The van der Waals surface area contributed by atoms with Gasteiger partial charge in [0.2, 0.25) is 0 Å². The van der Waals surface area contributed by atoms with Gasteiger partial charge < -0.3 is 9.67 Å². The van der Waals surface area contributed by atoms with Gasteiger partial charge in [-0.25, -0.2) is 4.79 Å². The molecular formula is C11H10BrNO2. The number of carboxylic acid groups (broad SMARTS) is 1. The highest BCUT2D eigenvalue weighted by Gasteiger charge is 2.14.